The van der Waals surface area contributed by atoms with E-state index in [0.717, 1.165) is 36.5 Å². The summed E-state index contributed by atoms with van der Waals surface area (Å²) < 4.78 is 0. The molecule has 1 N–H and O–H groups in total. The first-order chi connectivity index (χ1) is 8.56. The number of benzene rings is 1. The van der Waals surface area contributed by atoms with E-state index >= 15 is 0 Å². The lowest BCUT2D eigenvalue weighted by molar-refractivity contribution is 0.0731. The van der Waals surface area contributed by atoms with Crippen LogP contribution >= 0.6 is 11.6 Å². The van der Waals surface area contributed by atoms with Crippen LogP contribution in [0.5, 0.6) is 0 Å². The largest absolute Gasteiger partial charge is 0.396 e. The van der Waals surface area contributed by atoms with Gasteiger partial charge in [-0.05, 0) is 31.5 Å². The van der Waals surface area contributed by atoms with E-state index in [0.29, 0.717) is 0 Å². The van der Waals surface area contributed by atoms with Gasteiger partial charge in [-0.3, -0.25) is 0 Å². The van der Waals surface area contributed by atoms with Crippen LogP contribution in [-0.4, -0.2) is 30.2 Å². The molecule has 0 amide bonds. The molecule has 0 saturated heterocycles. The van der Waals surface area contributed by atoms with E-state index in [1.807, 2.05) is 18.2 Å². The third-order valence-electron chi connectivity index (χ3n) is 3.84. The van der Waals surface area contributed by atoms with Gasteiger partial charge in [0.25, 0.3) is 0 Å². The second-order valence-corrected chi connectivity index (χ2v) is 5.54. The third kappa shape index (κ3) is 3.98. The smallest absolute Gasteiger partial charge is 0.0499 e. The number of aliphatic hydroxyl groups is 1. The zero-order valence-corrected chi connectivity index (χ0v) is 12.4. The third-order valence-corrected chi connectivity index (χ3v) is 4.21. The molecule has 0 atom stereocenters. The SMILES string of the molecule is CCC(CC)(CO)CN(C)Cc1ccccc1Cl. The van der Waals surface area contributed by atoms with Crippen molar-refractivity contribution < 1.29 is 5.11 Å². The van der Waals surface area contributed by atoms with Crippen molar-refractivity contribution in [1.82, 2.24) is 4.90 Å². The van der Waals surface area contributed by atoms with Crippen LogP contribution in [0.4, 0.5) is 0 Å². The maximum absolute atomic E-state index is 9.59. The molecular weight excluding hydrogens is 246 g/mol. The van der Waals surface area contributed by atoms with Crippen LogP contribution in [0.25, 0.3) is 0 Å². The average molecular weight is 270 g/mol. The fourth-order valence-electron chi connectivity index (χ4n) is 2.29. The molecule has 1 rings (SSSR count). The summed E-state index contributed by atoms with van der Waals surface area (Å²) in [6, 6.07) is 7.93. The lowest BCUT2D eigenvalue weighted by atomic mass is 9.82. The second-order valence-electron chi connectivity index (χ2n) is 5.13. The van der Waals surface area contributed by atoms with Crippen molar-refractivity contribution >= 4 is 11.6 Å². The fourth-order valence-corrected chi connectivity index (χ4v) is 2.49. The van der Waals surface area contributed by atoms with Gasteiger partial charge in [-0.1, -0.05) is 43.6 Å². The standard InChI is InChI=1S/C15H24ClNO/c1-4-15(5-2,12-18)11-17(3)10-13-8-6-7-9-14(13)16/h6-9,18H,4-5,10-12H2,1-3H3. The van der Waals surface area contributed by atoms with Crippen LogP contribution in [-0.2, 0) is 6.54 Å². The Morgan fingerprint density at radius 2 is 1.83 bits per heavy atom. The van der Waals surface area contributed by atoms with Gasteiger partial charge in [0.1, 0.15) is 0 Å². The molecule has 0 heterocycles. The first-order valence-electron chi connectivity index (χ1n) is 6.59. The number of hydrogen-bond acceptors (Lipinski definition) is 2. The van der Waals surface area contributed by atoms with Crippen molar-refractivity contribution in [2.75, 3.05) is 20.2 Å². The molecule has 102 valence electrons. The Morgan fingerprint density at radius 3 is 2.33 bits per heavy atom. The van der Waals surface area contributed by atoms with Crippen LogP contribution in [0.1, 0.15) is 32.3 Å². The highest BCUT2D eigenvalue weighted by Crippen LogP contribution is 2.27. The van der Waals surface area contributed by atoms with E-state index in [-0.39, 0.29) is 12.0 Å². The minimum absolute atomic E-state index is 0.00993. The molecule has 1 aromatic carbocycles. The Labute approximate surface area is 116 Å². The average Bonchev–Trinajstić information content (AvgIpc) is 2.39. The summed E-state index contributed by atoms with van der Waals surface area (Å²) in [4.78, 5) is 2.24. The van der Waals surface area contributed by atoms with E-state index in [4.69, 9.17) is 11.6 Å². The Bertz CT molecular complexity index is 355. The highest BCUT2D eigenvalue weighted by atomic mass is 35.5. The molecule has 0 radical (unpaired) electrons. The van der Waals surface area contributed by atoms with E-state index < -0.39 is 0 Å². The molecule has 0 aliphatic carbocycles. The number of hydrogen-bond donors (Lipinski definition) is 1. The lowest BCUT2D eigenvalue weighted by Crippen LogP contribution is -2.37. The van der Waals surface area contributed by atoms with E-state index in [1.165, 1.54) is 0 Å². The Balaban J connectivity index is 2.66. The molecule has 0 bridgehead atoms. The van der Waals surface area contributed by atoms with Crippen LogP contribution in [0, 0.1) is 5.41 Å². The fraction of sp³-hybridized carbons (Fsp3) is 0.600. The summed E-state index contributed by atoms with van der Waals surface area (Å²) in [5.41, 5.74) is 1.15. The Hall–Kier alpha value is -0.570. The first-order valence-corrected chi connectivity index (χ1v) is 6.97. The van der Waals surface area contributed by atoms with Crippen molar-refractivity contribution in [2.24, 2.45) is 5.41 Å². The van der Waals surface area contributed by atoms with Crippen LogP contribution in [0.15, 0.2) is 24.3 Å². The summed E-state index contributed by atoms with van der Waals surface area (Å²) >= 11 is 6.17. The van der Waals surface area contributed by atoms with Crippen LogP contribution < -0.4 is 0 Å². The summed E-state index contributed by atoms with van der Waals surface area (Å²) in [6.07, 6.45) is 1.99. The van der Waals surface area contributed by atoms with Gasteiger partial charge in [0, 0.05) is 30.1 Å². The Morgan fingerprint density at radius 1 is 1.22 bits per heavy atom. The van der Waals surface area contributed by atoms with Gasteiger partial charge >= 0.3 is 0 Å². The molecule has 0 spiro atoms. The molecule has 0 unspecified atom stereocenters. The van der Waals surface area contributed by atoms with Gasteiger partial charge in [0.2, 0.25) is 0 Å². The quantitative estimate of drug-likeness (QED) is 0.818. The zero-order chi connectivity index (χ0) is 13.6. The molecule has 2 nitrogen and oxygen atoms in total. The van der Waals surface area contributed by atoms with Gasteiger partial charge in [-0.15, -0.1) is 0 Å². The van der Waals surface area contributed by atoms with Gasteiger partial charge in [0.05, 0.1) is 0 Å². The van der Waals surface area contributed by atoms with Gasteiger partial charge < -0.3 is 10.0 Å². The highest BCUT2D eigenvalue weighted by molar-refractivity contribution is 6.31. The number of nitrogens with zero attached hydrogens (tertiary/aromatic N) is 1. The van der Waals surface area contributed by atoms with Gasteiger partial charge in [0.15, 0.2) is 0 Å². The van der Waals surface area contributed by atoms with E-state index in [1.54, 1.807) is 0 Å². The van der Waals surface area contributed by atoms with Crippen LogP contribution in [0.2, 0.25) is 5.02 Å². The Kier molecular flexibility index (Phi) is 6.13. The molecule has 18 heavy (non-hydrogen) atoms. The number of rotatable bonds is 7. The molecule has 0 fully saturated rings. The molecular formula is C15H24ClNO. The van der Waals surface area contributed by atoms with Crippen molar-refractivity contribution in [3.05, 3.63) is 34.9 Å². The lowest BCUT2D eigenvalue weighted by Gasteiger charge is -2.34. The van der Waals surface area contributed by atoms with E-state index in [2.05, 4.69) is 31.9 Å². The predicted molar refractivity (Wildman–Crippen MR) is 77.9 cm³/mol. The van der Waals surface area contributed by atoms with Crippen molar-refractivity contribution in [1.29, 1.82) is 0 Å². The monoisotopic (exact) mass is 269 g/mol. The van der Waals surface area contributed by atoms with Crippen molar-refractivity contribution in [3.63, 3.8) is 0 Å². The van der Waals surface area contributed by atoms with Crippen molar-refractivity contribution in [2.45, 2.75) is 33.2 Å². The summed E-state index contributed by atoms with van der Waals surface area (Å²) in [5, 5.41) is 10.4. The molecule has 0 aliphatic heterocycles. The molecule has 1 aromatic rings. The molecule has 0 aromatic heterocycles. The molecule has 0 saturated carbocycles. The van der Waals surface area contributed by atoms with Crippen LogP contribution in [0.3, 0.4) is 0 Å². The topological polar surface area (TPSA) is 23.5 Å². The highest BCUT2D eigenvalue weighted by Gasteiger charge is 2.26. The van der Waals surface area contributed by atoms with Crippen molar-refractivity contribution in [3.8, 4) is 0 Å². The normalized spacial score (nSPS) is 12.1. The maximum Gasteiger partial charge on any atom is 0.0499 e. The number of halogens is 1. The summed E-state index contributed by atoms with van der Waals surface area (Å²) in [7, 11) is 2.08. The predicted octanol–water partition coefficient (Wildman–Crippen LogP) is 3.57. The molecule has 3 heteroatoms. The summed E-state index contributed by atoms with van der Waals surface area (Å²) in [6.45, 7) is 6.24. The van der Waals surface area contributed by atoms with Gasteiger partial charge in [-0.2, -0.15) is 0 Å². The zero-order valence-electron chi connectivity index (χ0n) is 11.6. The minimum atomic E-state index is 0.00993. The molecule has 0 aliphatic rings. The summed E-state index contributed by atoms with van der Waals surface area (Å²) in [5.74, 6) is 0. The minimum Gasteiger partial charge on any atom is -0.396 e. The number of aliphatic hydroxyl groups excluding tert-OH is 1. The first kappa shape index (κ1) is 15.5. The maximum atomic E-state index is 9.59. The van der Waals surface area contributed by atoms with E-state index in [9.17, 15) is 5.11 Å². The second kappa shape index (κ2) is 7.13. The van der Waals surface area contributed by atoms with Gasteiger partial charge in [-0.25, -0.2) is 0 Å².